The number of aryl methyl sites for hydroxylation is 3. The summed E-state index contributed by atoms with van der Waals surface area (Å²) in [6.45, 7) is 11.1. The van der Waals surface area contributed by atoms with E-state index in [4.69, 9.17) is 0 Å². The Kier molecular flexibility index (Phi) is 3.07. The lowest BCUT2D eigenvalue weighted by atomic mass is 10.0. The molecule has 0 radical (unpaired) electrons. The SMILES string of the molecule is Cc1cc(C)c(CNCC2(C)CC2)cc1C. The number of rotatable bonds is 4. The molecule has 88 valence electrons. The fourth-order valence-electron chi connectivity index (χ4n) is 2.10. The summed E-state index contributed by atoms with van der Waals surface area (Å²) >= 11 is 0. The van der Waals surface area contributed by atoms with E-state index in [0.29, 0.717) is 5.41 Å². The monoisotopic (exact) mass is 217 g/mol. The minimum Gasteiger partial charge on any atom is -0.312 e. The Morgan fingerprint density at radius 2 is 1.69 bits per heavy atom. The molecule has 2 rings (SSSR count). The predicted molar refractivity (Wildman–Crippen MR) is 69.7 cm³/mol. The molecule has 0 aromatic heterocycles. The second-order valence-electron chi connectivity index (χ2n) is 5.78. The third kappa shape index (κ3) is 2.65. The van der Waals surface area contributed by atoms with Gasteiger partial charge in [-0.1, -0.05) is 19.1 Å². The maximum Gasteiger partial charge on any atom is 0.0208 e. The van der Waals surface area contributed by atoms with Gasteiger partial charge < -0.3 is 5.32 Å². The van der Waals surface area contributed by atoms with Gasteiger partial charge in [0.2, 0.25) is 0 Å². The Morgan fingerprint density at radius 3 is 2.31 bits per heavy atom. The molecule has 0 heterocycles. The fraction of sp³-hybridized carbons (Fsp3) is 0.600. The molecule has 1 aromatic carbocycles. The van der Waals surface area contributed by atoms with Gasteiger partial charge in [0.25, 0.3) is 0 Å². The third-order valence-corrected chi connectivity index (χ3v) is 3.92. The van der Waals surface area contributed by atoms with Crippen molar-refractivity contribution in [2.24, 2.45) is 5.41 Å². The molecule has 0 unspecified atom stereocenters. The van der Waals surface area contributed by atoms with Gasteiger partial charge in [-0.15, -0.1) is 0 Å². The van der Waals surface area contributed by atoms with Gasteiger partial charge >= 0.3 is 0 Å². The van der Waals surface area contributed by atoms with Gasteiger partial charge in [-0.2, -0.15) is 0 Å². The predicted octanol–water partition coefficient (Wildman–Crippen LogP) is 3.50. The normalized spacial score (nSPS) is 17.5. The van der Waals surface area contributed by atoms with Crippen LogP contribution in [0.5, 0.6) is 0 Å². The summed E-state index contributed by atoms with van der Waals surface area (Å²) in [4.78, 5) is 0. The Bertz CT molecular complexity index is 389. The molecule has 1 aliphatic rings. The van der Waals surface area contributed by atoms with Crippen molar-refractivity contribution in [2.75, 3.05) is 6.54 Å². The van der Waals surface area contributed by atoms with E-state index in [2.05, 4.69) is 45.1 Å². The van der Waals surface area contributed by atoms with Crippen LogP contribution in [0.4, 0.5) is 0 Å². The average molecular weight is 217 g/mol. The van der Waals surface area contributed by atoms with Crippen molar-refractivity contribution in [3.63, 3.8) is 0 Å². The molecule has 0 atom stereocenters. The summed E-state index contributed by atoms with van der Waals surface area (Å²) in [5.74, 6) is 0. The second kappa shape index (κ2) is 4.21. The van der Waals surface area contributed by atoms with Gasteiger partial charge in [-0.3, -0.25) is 0 Å². The molecule has 1 heteroatoms. The van der Waals surface area contributed by atoms with Crippen molar-refractivity contribution in [3.8, 4) is 0 Å². The van der Waals surface area contributed by atoms with E-state index in [1.807, 2.05) is 0 Å². The molecule has 1 N–H and O–H groups in total. The van der Waals surface area contributed by atoms with Gasteiger partial charge in [0.1, 0.15) is 0 Å². The molecule has 0 spiro atoms. The molecule has 1 nitrogen and oxygen atoms in total. The van der Waals surface area contributed by atoms with Crippen LogP contribution in [0.15, 0.2) is 12.1 Å². The van der Waals surface area contributed by atoms with Gasteiger partial charge in [-0.25, -0.2) is 0 Å². The van der Waals surface area contributed by atoms with Crippen molar-refractivity contribution in [1.29, 1.82) is 0 Å². The zero-order valence-corrected chi connectivity index (χ0v) is 11.0. The van der Waals surface area contributed by atoms with Crippen molar-refractivity contribution in [1.82, 2.24) is 5.32 Å². The third-order valence-electron chi connectivity index (χ3n) is 3.92. The van der Waals surface area contributed by atoms with E-state index in [1.54, 1.807) is 0 Å². The highest BCUT2D eigenvalue weighted by Crippen LogP contribution is 2.44. The van der Waals surface area contributed by atoms with Crippen LogP contribution < -0.4 is 5.32 Å². The highest BCUT2D eigenvalue weighted by atomic mass is 14.9. The first-order valence-corrected chi connectivity index (χ1v) is 6.28. The van der Waals surface area contributed by atoms with Gasteiger partial charge in [0.15, 0.2) is 0 Å². The van der Waals surface area contributed by atoms with Crippen LogP contribution in [-0.2, 0) is 6.54 Å². The highest BCUT2D eigenvalue weighted by Gasteiger charge is 2.36. The Hall–Kier alpha value is -0.820. The van der Waals surface area contributed by atoms with Crippen molar-refractivity contribution in [3.05, 3.63) is 34.4 Å². The zero-order chi connectivity index (χ0) is 11.8. The van der Waals surface area contributed by atoms with Crippen LogP contribution in [0.1, 0.15) is 42.0 Å². The number of nitrogens with one attached hydrogen (secondary N) is 1. The first kappa shape index (κ1) is 11.7. The largest absolute Gasteiger partial charge is 0.312 e. The number of hydrogen-bond acceptors (Lipinski definition) is 1. The standard InChI is InChI=1S/C15H23N/c1-11-7-13(3)14(8-12(11)2)9-16-10-15(4)5-6-15/h7-8,16H,5-6,9-10H2,1-4H3. The summed E-state index contributed by atoms with van der Waals surface area (Å²) in [7, 11) is 0. The molecule has 1 aliphatic carbocycles. The minimum absolute atomic E-state index is 0.605. The Balaban J connectivity index is 1.95. The lowest BCUT2D eigenvalue weighted by Crippen LogP contribution is -2.22. The van der Waals surface area contributed by atoms with Crippen LogP contribution in [0.25, 0.3) is 0 Å². The second-order valence-corrected chi connectivity index (χ2v) is 5.78. The lowest BCUT2D eigenvalue weighted by molar-refractivity contribution is 0.499. The Labute approximate surface area is 99.3 Å². The zero-order valence-electron chi connectivity index (χ0n) is 11.0. The smallest absolute Gasteiger partial charge is 0.0208 e. The lowest BCUT2D eigenvalue weighted by Gasteiger charge is -2.13. The van der Waals surface area contributed by atoms with Gasteiger partial charge in [-0.05, 0) is 61.3 Å². The number of hydrogen-bond donors (Lipinski definition) is 1. The molecule has 1 aromatic rings. The first-order valence-electron chi connectivity index (χ1n) is 6.28. The summed E-state index contributed by atoms with van der Waals surface area (Å²) in [5, 5.41) is 3.59. The quantitative estimate of drug-likeness (QED) is 0.814. The highest BCUT2D eigenvalue weighted by molar-refractivity contribution is 5.36. The van der Waals surface area contributed by atoms with Crippen LogP contribution in [0.3, 0.4) is 0 Å². The Morgan fingerprint density at radius 1 is 1.06 bits per heavy atom. The molecule has 0 amide bonds. The average Bonchev–Trinajstić information content (AvgIpc) is 2.93. The van der Waals surface area contributed by atoms with E-state index >= 15 is 0 Å². The van der Waals surface area contributed by atoms with Crippen molar-refractivity contribution in [2.45, 2.75) is 47.1 Å². The minimum atomic E-state index is 0.605. The summed E-state index contributed by atoms with van der Waals surface area (Å²) in [6.07, 6.45) is 2.79. The van der Waals surface area contributed by atoms with E-state index in [0.717, 1.165) is 6.54 Å². The molecular formula is C15H23N. The van der Waals surface area contributed by atoms with E-state index < -0.39 is 0 Å². The van der Waals surface area contributed by atoms with E-state index in [-0.39, 0.29) is 0 Å². The molecular weight excluding hydrogens is 194 g/mol. The van der Waals surface area contributed by atoms with Gasteiger partial charge in [0, 0.05) is 13.1 Å². The van der Waals surface area contributed by atoms with E-state index in [1.165, 1.54) is 41.6 Å². The van der Waals surface area contributed by atoms with Crippen LogP contribution in [0, 0.1) is 26.2 Å². The van der Waals surface area contributed by atoms with E-state index in [9.17, 15) is 0 Å². The molecule has 0 aliphatic heterocycles. The molecule has 1 fully saturated rings. The summed E-state index contributed by atoms with van der Waals surface area (Å²) in [6, 6.07) is 4.62. The first-order chi connectivity index (χ1) is 7.50. The van der Waals surface area contributed by atoms with Crippen LogP contribution >= 0.6 is 0 Å². The fourth-order valence-corrected chi connectivity index (χ4v) is 2.10. The van der Waals surface area contributed by atoms with Crippen LogP contribution in [0.2, 0.25) is 0 Å². The number of benzene rings is 1. The van der Waals surface area contributed by atoms with Crippen molar-refractivity contribution >= 4 is 0 Å². The molecule has 1 saturated carbocycles. The van der Waals surface area contributed by atoms with Gasteiger partial charge in [0.05, 0.1) is 0 Å². The maximum absolute atomic E-state index is 3.59. The summed E-state index contributed by atoms with van der Waals surface area (Å²) in [5.41, 5.74) is 6.27. The van der Waals surface area contributed by atoms with Crippen molar-refractivity contribution < 1.29 is 0 Å². The molecule has 16 heavy (non-hydrogen) atoms. The summed E-state index contributed by atoms with van der Waals surface area (Å²) < 4.78 is 0. The molecule has 0 bridgehead atoms. The van der Waals surface area contributed by atoms with Crippen LogP contribution in [-0.4, -0.2) is 6.54 Å². The topological polar surface area (TPSA) is 12.0 Å². The molecule has 0 saturated heterocycles. The maximum atomic E-state index is 3.59.